The van der Waals surface area contributed by atoms with Crippen LogP contribution in [0.25, 0.3) is 0 Å². The molecule has 0 aromatic rings. The van der Waals surface area contributed by atoms with E-state index in [0.29, 0.717) is 5.25 Å². The van der Waals surface area contributed by atoms with Gasteiger partial charge in [0.05, 0.1) is 0 Å². The second-order valence-electron chi connectivity index (χ2n) is 3.63. The predicted molar refractivity (Wildman–Crippen MR) is 87.3 cm³/mol. The van der Waals surface area contributed by atoms with E-state index >= 15 is 0 Å². The van der Waals surface area contributed by atoms with Gasteiger partial charge in [-0.05, 0) is 12.7 Å². The monoisotopic (exact) mass is 359 g/mol. The highest BCUT2D eigenvalue weighted by Crippen LogP contribution is 2.02. The Bertz CT molecular complexity index is 177. The van der Waals surface area contributed by atoms with Crippen molar-refractivity contribution in [3.8, 4) is 0 Å². The van der Waals surface area contributed by atoms with Gasteiger partial charge < -0.3 is 10.6 Å². The average molecular weight is 359 g/mol. The molecule has 0 rings (SSSR count). The third-order valence-corrected chi connectivity index (χ3v) is 3.23. The zero-order valence-corrected chi connectivity index (χ0v) is 14.0. The lowest BCUT2D eigenvalue weighted by atomic mass is 10.2. The number of rotatable bonds is 7. The molecule has 0 radical (unpaired) electrons. The predicted octanol–water partition coefficient (Wildman–Crippen LogP) is 2.71. The summed E-state index contributed by atoms with van der Waals surface area (Å²) in [6.45, 7) is 6.41. The first-order valence-electron chi connectivity index (χ1n) is 5.71. The molecule has 0 aromatic carbocycles. The van der Waals surface area contributed by atoms with Crippen molar-refractivity contribution >= 4 is 41.7 Å². The van der Waals surface area contributed by atoms with Crippen LogP contribution >= 0.6 is 35.7 Å². The van der Waals surface area contributed by atoms with Gasteiger partial charge >= 0.3 is 0 Å². The lowest BCUT2D eigenvalue weighted by Crippen LogP contribution is -2.40. The van der Waals surface area contributed by atoms with Crippen LogP contribution in [0, 0.1) is 0 Å². The van der Waals surface area contributed by atoms with E-state index in [4.69, 9.17) is 0 Å². The molecule has 98 valence electrons. The van der Waals surface area contributed by atoms with Crippen LogP contribution in [0.1, 0.15) is 33.1 Å². The maximum Gasteiger partial charge on any atom is 0.191 e. The molecule has 0 amide bonds. The number of nitrogens with zero attached hydrogens (tertiary/aromatic N) is 1. The average Bonchev–Trinajstić information content (AvgIpc) is 2.27. The molecular weight excluding hydrogens is 333 g/mol. The number of hydrogen-bond donors (Lipinski definition) is 2. The number of thioether (sulfide) groups is 1. The molecule has 0 aliphatic heterocycles. The summed E-state index contributed by atoms with van der Waals surface area (Å²) in [6.07, 6.45) is 5.89. The first-order chi connectivity index (χ1) is 7.24. The quantitative estimate of drug-likeness (QED) is 0.318. The highest BCUT2D eigenvalue weighted by atomic mass is 127. The van der Waals surface area contributed by atoms with Crippen molar-refractivity contribution in [2.75, 3.05) is 26.4 Å². The van der Waals surface area contributed by atoms with E-state index in [1.165, 1.54) is 19.3 Å². The van der Waals surface area contributed by atoms with Gasteiger partial charge in [-0.25, -0.2) is 0 Å². The zero-order chi connectivity index (χ0) is 11.5. The van der Waals surface area contributed by atoms with E-state index in [9.17, 15) is 0 Å². The molecule has 5 heteroatoms. The molecule has 0 spiro atoms. The van der Waals surface area contributed by atoms with Crippen LogP contribution in [0.2, 0.25) is 0 Å². The van der Waals surface area contributed by atoms with Crippen molar-refractivity contribution in [1.82, 2.24) is 10.6 Å². The first-order valence-corrected chi connectivity index (χ1v) is 7.00. The number of aliphatic imine (C=N–C) groups is 1. The Labute approximate surface area is 122 Å². The van der Waals surface area contributed by atoms with Gasteiger partial charge in [0.15, 0.2) is 5.96 Å². The number of halogens is 1. The molecule has 0 bridgehead atoms. The fourth-order valence-electron chi connectivity index (χ4n) is 1.13. The highest BCUT2D eigenvalue weighted by Gasteiger charge is 2.00. The van der Waals surface area contributed by atoms with Crippen molar-refractivity contribution in [2.24, 2.45) is 4.99 Å². The van der Waals surface area contributed by atoms with Gasteiger partial charge in [0.2, 0.25) is 0 Å². The van der Waals surface area contributed by atoms with E-state index in [-0.39, 0.29) is 24.0 Å². The minimum atomic E-state index is 0. The summed E-state index contributed by atoms with van der Waals surface area (Å²) in [7, 11) is 1.82. The van der Waals surface area contributed by atoms with Crippen LogP contribution in [-0.2, 0) is 0 Å². The Morgan fingerprint density at radius 1 is 1.31 bits per heavy atom. The molecule has 0 heterocycles. The highest BCUT2D eigenvalue weighted by molar-refractivity contribution is 14.0. The standard InChI is InChI=1S/C11H25N3S.HI/c1-5-6-7-8-13-11(12-3)14-9-10(2)15-4;/h10H,5-9H2,1-4H3,(H2,12,13,14);1H. The van der Waals surface area contributed by atoms with E-state index in [1.54, 1.807) is 0 Å². The summed E-state index contributed by atoms with van der Waals surface area (Å²) < 4.78 is 0. The third kappa shape index (κ3) is 10.9. The minimum Gasteiger partial charge on any atom is -0.356 e. The fourth-order valence-corrected chi connectivity index (χ4v) is 1.38. The minimum absolute atomic E-state index is 0. The van der Waals surface area contributed by atoms with Crippen molar-refractivity contribution < 1.29 is 0 Å². The maximum absolute atomic E-state index is 4.18. The topological polar surface area (TPSA) is 36.4 Å². The molecule has 0 saturated heterocycles. The van der Waals surface area contributed by atoms with Crippen molar-refractivity contribution in [2.45, 2.75) is 38.4 Å². The van der Waals surface area contributed by atoms with E-state index in [1.807, 2.05) is 18.8 Å². The summed E-state index contributed by atoms with van der Waals surface area (Å²) in [5, 5.41) is 7.25. The Balaban J connectivity index is 0. The second kappa shape index (κ2) is 13.4. The van der Waals surface area contributed by atoms with E-state index < -0.39 is 0 Å². The van der Waals surface area contributed by atoms with Gasteiger partial charge in [0.1, 0.15) is 0 Å². The lowest BCUT2D eigenvalue weighted by molar-refractivity contribution is 0.682. The molecule has 0 saturated carbocycles. The molecule has 0 aliphatic rings. The van der Waals surface area contributed by atoms with Crippen LogP contribution in [0.15, 0.2) is 4.99 Å². The first kappa shape index (κ1) is 18.7. The number of unbranched alkanes of at least 4 members (excludes halogenated alkanes) is 2. The molecule has 1 atom stereocenters. The maximum atomic E-state index is 4.18. The van der Waals surface area contributed by atoms with E-state index in [2.05, 4.69) is 35.7 Å². The normalized spacial score (nSPS) is 12.9. The Morgan fingerprint density at radius 3 is 2.50 bits per heavy atom. The van der Waals surface area contributed by atoms with Crippen molar-refractivity contribution in [3.05, 3.63) is 0 Å². The summed E-state index contributed by atoms with van der Waals surface area (Å²) >= 11 is 1.86. The fraction of sp³-hybridized carbons (Fsp3) is 0.909. The van der Waals surface area contributed by atoms with Crippen LogP contribution < -0.4 is 10.6 Å². The summed E-state index contributed by atoms with van der Waals surface area (Å²) in [6, 6.07) is 0. The largest absolute Gasteiger partial charge is 0.356 e. The molecule has 16 heavy (non-hydrogen) atoms. The molecule has 0 aromatic heterocycles. The zero-order valence-electron chi connectivity index (χ0n) is 10.9. The molecular formula is C11H26IN3S. The Morgan fingerprint density at radius 2 is 2.00 bits per heavy atom. The lowest BCUT2D eigenvalue weighted by Gasteiger charge is -2.14. The second-order valence-corrected chi connectivity index (χ2v) is 4.91. The summed E-state index contributed by atoms with van der Waals surface area (Å²) in [5.41, 5.74) is 0. The van der Waals surface area contributed by atoms with Crippen LogP contribution in [0.5, 0.6) is 0 Å². The number of guanidine groups is 1. The molecule has 2 N–H and O–H groups in total. The van der Waals surface area contributed by atoms with Crippen LogP contribution in [0.4, 0.5) is 0 Å². The smallest absolute Gasteiger partial charge is 0.191 e. The molecule has 0 aliphatic carbocycles. The van der Waals surface area contributed by atoms with Gasteiger partial charge in [-0.2, -0.15) is 11.8 Å². The van der Waals surface area contributed by atoms with E-state index in [0.717, 1.165) is 19.0 Å². The summed E-state index contributed by atoms with van der Waals surface area (Å²) in [4.78, 5) is 4.18. The van der Waals surface area contributed by atoms with Crippen molar-refractivity contribution in [1.29, 1.82) is 0 Å². The van der Waals surface area contributed by atoms with Gasteiger partial charge in [0.25, 0.3) is 0 Å². The van der Waals surface area contributed by atoms with Gasteiger partial charge in [-0.3, -0.25) is 4.99 Å². The van der Waals surface area contributed by atoms with Crippen molar-refractivity contribution in [3.63, 3.8) is 0 Å². The van der Waals surface area contributed by atoms with Crippen LogP contribution in [0.3, 0.4) is 0 Å². The third-order valence-electron chi connectivity index (χ3n) is 2.26. The Hall–Kier alpha value is 0.350. The Kier molecular flexibility index (Phi) is 15.7. The molecule has 0 fully saturated rings. The SMILES string of the molecule is CCCCCNC(=NC)NCC(C)SC.I. The molecule has 3 nitrogen and oxygen atoms in total. The van der Waals surface area contributed by atoms with Gasteiger partial charge in [-0.1, -0.05) is 26.7 Å². The van der Waals surface area contributed by atoms with Gasteiger partial charge in [0, 0.05) is 25.4 Å². The number of hydrogen-bond acceptors (Lipinski definition) is 2. The van der Waals surface area contributed by atoms with Gasteiger partial charge in [-0.15, -0.1) is 24.0 Å². The molecule has 1 unspecified atom stereocenters. The van der Waals surface area contributed by atoms with Crippen LogP contribution in [-0.4, -0.2) is 37.6 Å². The summed E-state index contributed by atoms with van der Waals surface area (Å²) in [5.74, 6) is 0.923. The number of nitrogens with one attached hydrogen (secondary N) is 2.